The summed E-state index contributed by atoms with van der Waals surface area (Å²) >= 11 is 0. The van der Waals surface area contributed by atoms with Crippen LogP contribution in [0, 0.1) is 80.5 Å². The second-order valence-electron chi connectivity index (χ2n) is 15.7. The molecule has 7 heterocycles. The van der Waals surface area contributed by atoms with E-state index in [1.54, 1.807) is 50.5 Å². The molecule has 0 fully saturated rings. The zero-order valence-electron chi connectivity index (χ0n) is 41.3. The van der Waals surface area contributed by atoms with Crippen LogP contribution >= 0.6 is 0 Å². The molecule has 0 saturated carbocycles. The number of carboxylic acid groups (broad SMARTS) is 1. The zero-order chi connectivity index (χ0) is 47.8. The van der Waals surface area contributed by atoms with Crippen LogP contribution in [0.5, 0.6) is 0 Å². The number of pyridine rings is 3. The average Bonchev–Trinajstić information content (AvgIpc) is 4.08. The van der Waals surface area contributed by atoms with E-state index in [0.717, 1.165) is 50.4 Å². The molecule has 0 bridgehead atoms. The van der Waals surface area contributed by atoms with Crippen molar-refractivity contribution in [2.24, 2.45) is 0 Å². The minimum absolute atomic E-state index is 0. The summed E-state index contributed by atoms with van der Waals surface area (Å²) in [6.45, 7) is 16.7. The monoisotopic (exact) mass is 1220 g/mol. The molecule has 0 saturated heterocycles. The molecule has 3 aromatic carbocycles. The average molecular weight is 1220 g/mol. The fraction of sp³-hybridized carbons (Fsp3) is 0.235. The topological polar surface area (TPSA) is 272 Å². The first-order valence-corrected chi connectivity index (χ1v) is 20.8. The normalized spacial score (nSPS) is 10.0. The molecule has 373 valence electrons. The van der Waals surface area contributed by atoms with E-state index in [-0.39, 0.29) is 154 Å². The van der Waals surface area contributed by atoms with E-state index in [2.05, 4.69) is 64.2 Å². The number of carbonyl (C=O) groups excluding carboxylic acids is 1. The van der Waals surface area contributed by atoms with E-state index in [1.807, 2.05) is 71.0 Å². The van der Waals surface area contributed by atoms with Crippen molar-refractivity contribution in [2.75, 3.05) is 17.7 Å². The maximum atomic E-state index is 12.4. The van der Waals surface area contributed by atoms with Gasteiger partial charge in [-0.2, -0.15) is 54.6 Å². The summed E-state index contributed by atoms with van der Waals surface area (Å²) in [6.07, 6.45) is 0. The molecule has 7 aromatic heterocycles. The Labute approximate surface area is 514 Å². The molecule has 19 nitrogen and oxygen atoms in total. The minimum Gasteiger partial charge on any atom is -0.870 e. The third-order valence-electron chi connectivity index (χ3n) is 11.2. The van der Waals surface area contributed by atoms with Crippen molar-refractivity contribution in [3.8, 4) is 5.69 Å². The number of carboxylic acids is 1. The second-order valence-corrected chi connectivity index (χ2v) is 15.7. The van der Waals surface area contributed by atoms with E-state index in [9.17, 15) is 19.5 Å². The summed E-state index contributed by atoms with van der Waals surface area (Å²) in [7, 11) is 1.33. The summed E-state index contributed by atoms with van der Waals surface area (Å²) in [6, 6.07) is 25.5. The molecule has 0 aliphatic carbocycles. The quantitative estimate of drug-likeness (QED) is 0.0681. The van der Waals surface area contributed by atoms with Crippen LogP contribution in [0.4, 0.5) is 22.7 Å². The van der Waals surface area contributed by atoms with Gasteiger partial charge in [0.15, 0.2) is 34.3 Å². The third-order valence-corrected chi connectivity index (χ3v) is 11.2. The molecular weight excluding hydrogens is 1170 g/mol. The maximum absolute atomic E-state index is 12.4. The van der Waals surface area contributed by atoms with Crippen molar-refractivity contribution in [1.82, 2.24) is 40.0 Å². The number of fused-ring (bicyclic) bond motifs is 4. The number of aryl methyl sites for hydroxylation is 9. The van der Waals surface area contributed by atoms with Gasteiger partial charge >= 0.3 is 36.5 Å². The number of methoxy groups -OCH3 is 1. The maximum Gasteiger partial charge on any atom is 1.00 e. The van der Waals surface area contributed by atoms with Crippen molar-refractivity contribution in [2.45, 2.75) is 77.2 Å². The largest absolute Gasteiger partial charge is 1.00 e. The number of ether oxygens (including phenoxy) is 1. The van der Waals surface area contributed by atoms with Gasteiger partial charge in [-0.1, -0.05) is 68.2 Å². The smallest absolute Gasteiger partial charge is 0.870 e. The van der Waals surface area contributed by atoms with E-state index >= 15 is 0 Å². The van der Waals surface area contributed by atoms with Crippen molar-refractivity contribution >= 4 is 79.0 Å². The van der Waals surface area contributed by atoms with Crippen molar-refractivity contribution in [3.63, 3.8) is 0 Å². The van der Waals surface area contributed by atoms with Gasteiger partial charge in [0.25, 0.3) is 0 Å². The second kappa shape index (κ2) is 28.4. The standard InChI is InChI=1S/C17H16N3O3.C16H13N4O2.C16H14N3O3.2CH4.Li.H2O.3Y/c1-9-7-5-6-8-12(9)18-13-10(2)14-15(11(3)23-20-14)19-16(13)17(21)22-4;1-8-6-4-5-7-11(8)20-14-9(2)12-13(10(3)22-19-12)17-15(14)18-16(20)21;1-8-6-4-5-7-11(8)17-12-9(2)13-14(10(3)22-19-13)18-15(12)16(20)21;;;;;;;/h6-8,18H,1-4H3;5-7H,1-3H3,(H,17,18,21);5-7,17H,1-3H3,(H,20,21);2*1H4;;1H2;;;/q3*-1;;;+1;;;;/p-1. The summed E-state index contributed by atoms with van der Waals surface area (Å²) in [5.41, 5.74) is 13.4. The van der Waals surface area contributed by atoms with Crippen molar-refractivity contribution < 1.29 is 155 Å². The predicted octanol–water partition coefficient (Wildman–Crippen LogP) is 7.54. The molecule has 0 spiro atoms. The number of hydrogen-bond acceptors (Lipinski definition) is 16. The Morgan fingerprint density at radius 1 is 0.622 bits per heavy atom. The van der Waals surface area contributed by atoms with E-state index in [0.29, 0.717) is 73.0 Å². The fourth-order valence-electron chi connectivity index (χ4n) is 7.51. The Kier molecular flexibility index (Phi) is 25.8. The fourth-order valence-corrected chi connectivity index (χ4v) is 7.51. The molecule has 5 N–H and O–H groups in total. The predicted molar refractivity (Wildman–Crippen MR) is 265 cm³/mol. The molecule has 0 unspecified atom stereocenters. The Hall–Kier alpha value is -4.80. The van der Waals surface area contributed by atoms with Crippen LogP contribution in [0.2, 0.25) is 0 Å². The Balaban J connectivity index is 0.000000530. The number of nitrogens with one attached hydrogen (secondary N) is 3. The van der Waals surface area contributed by atoms with Crippen LogP contribution in [0.3, 0.4) is 0 Å². The molecule has 0 atom stereocenters. The van der Waals surface area contributed by atoms with Crippen LogP contribution in [-0.2, 0) is 103 Å². The number of nitrogens with zero attached hydrogens (tertiary/aromatic N) is 7. The van der Waals surface area contributed by atoms with Crippen LogP contribution in [0.1, 0.15) is 86.5 Å². The number of aromatic carboxylic acids is 1. The summed E-state index contributed by atoms with van der Waals surface area (Å²) in [5.74, 6) is 0.0773. The van der Waals surface area contributed by atoms with Crippen LogP contribution in [0.25, 0.3) is 50.0 Å². The van der Waals surface area contributed by atoms with E-state index in [4.69, 9.17) is 18.3 Å². The molecule has 0 aliphatic rings. The molecule has 0 amide bonds. The number of carbonyl (C=O) groups is 2. The minimum atomic E-state index is -1.10. The third kappa shape index (κ3) is 13.2. The van der Waals surface area contributed by atoms with Gasteiger partial charge in [0.05, 0.1) is 24.0 Å². The van der Waals surface area contributed by atoms with Gasteiger partial charge in [0.2, 0.25) is 0 Å². The Morgan fingerprint density at radius 3 is 1.46 bits per heavy atom. The van der Waals surface area contributed by atoms with Gasteiger partial charge in [0, 0.05) is 115 Å². The number of rotatable bonds is 7. The molecule has 3 radical (unpaired) electrons. The number of esters is 1. The molecule has 0 aliphatic heterocycles. The first kappa shape index (κ1) is 67.2. The number of aromatic nitrogens is 8. The molecule has 10 rings (SSSR count). The number of imidazole rings is 1. The number of hydrogen-bond donors (Lipinski definition) is 4. The number of anilines is 4. The first-order chi connectivity index (χ1) is 32.1. The Bertz CT molecular complexity index is 3650. The van der Waals surface area contributed by atoms with E-state index < -0.39 is 11.9 Å². The number of aromatic amines is 1. The van der Waals surface area contributed by atoms with Gasteiger partial charge in [-0.25, -0.2) is 29.3 Å². The van der Waals surface area contributed by atoms with Gasteiger partial charge in [-0.15, -0.1) is 34.9 Å². The van der Waals surface area contributed by atoms with Crippen LogP contribution < -0.4 is 35.2 Å². The SMILES string of the molecule is C.C.COC(=O)c1nc2c(C)onc2c(C)c1Nc1cc[c-]cc1C.Cc1c[c-]ccc1-n1c(=O)[nH]c2nc3c(C)onc3c(C)c21.Cc1c[c-]ccc1Nc1c(C(=O)O)nc2c(C)onc2c1C.[Li+].[OH-].[Y].[Y].[Y]. The van der Waals surface area contributed by atoms with Gasteiger partial charge in [0.1, 0.15) is 33.1 Å². The summed E-state index contributed by atoms with van der Waals surface area (Å²) in [4.78, 5) is 52.1. The summed E-state index contributed by atoms with van der Waals surface area (Å²) in [5, 5.41) is 27.9. The molecular formula is C51H52LiN10O9Y3-3. The molecule has 23 heteroatoms. The number of benzene rings is 3. The first-order valence-electron chi connectivity index (χ1n) is 20.8. The van der Waals surface area contributed by atoms with Crippen LogP contribution in [-0.4, -0.2) is 69.6 Å². The zero-order valence-corrected chi connectivity index (χ0v) is 49.8. The molecule has 74 heavy (non-hydrogen) atoms. The van der Waals surface area contributed by atoms with Crippen LogP contribution in [0.15, 0.2) is 73.0 Å². The van der Waals surface area contributed by atoms with Crippen molar-refractivity contribution in [1.29, 1.82) is 0 Å². The molecule has 10 aromatic rings. The number of H-pyrrole nitrogens is 1. The van der Waals surface area contributed by atoms with E-state index in [1.165, 1.54) is 7.11 Å². The Morgan fingerprint density at radius 2 is 1.03 bits per heavy atom. The van der Waals surface area contributed by atoms with Gasteiger partial charge < -0.3 is 39.5 Å². The van der Waals surface area contributed by atoms with Gasteiger partial charge in [-0.3, -0.25) is 9.55 Å². The summed E-state index contributed by atoms with van der Waals surface area (Å²) < 4.78 is 22.0. The van der Waals surface area contributed by atoms with Gasteiger partial charge in [-0.05, 0) is 41.5 Å². The van der Waals surface area contributed by atoms with Crippen molar-refractivity contribution in [3.05, 3.63) is 145 Å².